The van der Waals surface area contributed by atoms with Crippen molar-refractivity contribution in [2.24, 2.45) is 5.41 Å². The van der Waals surface area contributed by atoms with E-state index in [0.717, 1.165) is 18.7 Å². The number of rotatable bonds is 3. The van der Waals surface area contributed by atoms with E-state index < -0.39 is 0 Å². The number of hydrogen-bond acceptors (Lipinski definition) is 3. The molecule has 3 heterocycles. The van der Waals surface area contributed by atoms with Crippen molar-refractivity contribution in [1.82, 2.24) is 4.98 Å². The van der Waals surface area contributed by atoms with Gasteiger partial charge in [-0.1, -0.05) is 70.2 Å². The average molecular weight is 398 g/mol. The fourth-order valence-electron chi connectivity index (χ4n) is 6.00. The summed E-state index contributed by atoms with van der Waals surface area (Å²) in [6.07, 6.45) is 4.39. The fourth-order valence-corrected chi connectivity index (χ4v) is 6.00. The highest BCUT2D eigenvalue weighted by Crippen LogP contribution is 2.62. The van der Waals surface area contributed by atoms with Crippen LogP contribution in [0.15, 0.2) is 66.9 Å². The van der Waals surface area contributed by atoms with E-state index in [1.807, 2.05) is 6.20 Å². The maximum atomic E-state index is 4.85. The van der Waals surface area contributed by atoms with E-state index in [-0.39, 0.29) is 17.0 Å². The molecule has 3 aromatic rings. The van der Waals surface area contributed by atoms with Gasteiger partial charge in [0.1, 0.15) is 6.17 Å². The smallest absolute Gasteiger partial charge is 0.158 e. The molecule has 0 spiro atoms. The van der Waals surface area contributed by atoms with E-state index >= 15 is 0 Å². The first-order chi connectivity index (χ1) is 14.5. The van der Waals surface area contributed by atoms with Crippen LogP contribution < -0.4 is 9.80 Å². The number of aromatic nitrogens is 1. The van der Waals surface area contributed by atoms with E-state index in [1.54, 1.807) is 0 Å². The molecule has 0 fully saturated rings. The van der Waals surface area contributed by atoms with Gasteiger partial charge >= 0.3 is 0 Å². The molecule has 3 atom stereocenters. The lowest BCUT2D eigenvalue weighted by Gasteiger charge is -2.58. The molecule has 3 nitrogen and oxygen atoms in total. The third kappa shape index (κ3) is 2.29. The minimum absolute atomic E-state index is 0.0732. The Morgan fingerprint density at radius 1 is 0.867 bits per heavy atom. The minimum Gasteiger partial charge on any atom is -0.350 e. The number of benzene rings is 2. The fraction of sp³-hybridized carbons (Fsp3) is 0.370. The summed E-state index contributed by atoms with van der Waals surface area (Å²) in [7, 11) is 2.24. The third-order valence-electron chi connectivity index (χ3n) is 8.22. The first-order valence-corrected chi connectivity index (χ1v) is 11.1. The average Bonchev–Trinajstić information content (AvgIpc) is 3.11. The highest BCUT2D eigenvalue weighted by Gasteiger charge is 2.59. The van der Waals surface area contributed by atoms with Crippen molar-refractivity contribution >= 4 is 17.2 Å². The van der Waals surface area contributed by atoms with Crippen LogP contribution in [-0.4, -0.2) is 18.2 Å². The van der Waals surface area contributed by atoms with Gasteiger partial charge in [-0.3, -0.25) is 0 Å². The van der Waals surface area contributed by atoms with Gasteiger partial charge in [0.25, 0.3) is 0 Å². The second-order valence-corrected chi connectivity index (χ2v) is 9.26. The first-order valence-electron chi connectivity index (χ1n) is 11.1. The van der Waals surface area contributed by atoms with Crippen LogP contribution in [0.3, 0.4) is 0 Å². The molecule has 0 saturated heterocycles. The third-order valence-corrected chi connectivity index (χ3v) is 8.22. The Kier molecular flexibility index (Phi) is 4.22. The number of anilines is 3. The van der Waals surface area contributed by atoms with Crippen molar-refractivity contribution in [3.05, 3.63) is 72.4 Å². The first kappa shape index (κ1) is 19.2. The summed E-state index contributed by atoms with van der Waals surface area (Å²) in [5.74, 6) is 1.08. The maximum Gasteiger partial charge on any atom is 0.158 e. The molecule has 2 aliphatic rings. The topological polar surface area (TPSA) is 19.4 Å². The highest BCUT2D eigenvalue weighted by atomic mass is 15.5. The van der Waals surface area contributed by atoms with E-state index in [1.165, 1.54) is 28.1 Å². The minimum atomic E-state index is 0.0732. The molecule has 2 aliphatic heterocycles. The summed E-state index contributed by atoms with van der Waals surface area (Å²) >= 11 is 0. The Bertz CT molecular complexity index is 1090. The maximum absolute atomic E-state index is 4.85. The van der Waals surface area contributed by atoms with Gasteiger partial charge in [-0.2, -0.15) is 0 Å². The lowest BCUT2D eigenvalue weighted by Crippen LogP contribution is -2.62. The Morgan fingerprint density at radius 2 is 1.63 bits per heavy atom. The molecule has 154 valence electrons. The van der Waals surface area contributed by atoms with Gasteiger partial charge in [0.15, 0.2) is 5.82 Å². The molecule has 0 N–H and O–H groups in total. The largest absolute Gasteiger partial charge is 0.350 e. The van der Waals surface area contributed by atoms with E-state index in [9.17, 15) is 0 Å². The monoisotopic (exact) mass is 397 g/mol. The second kappa shape index (κ2) is 6.60. The molecule has 3 unspecified atom stereocenters. The molecule has 3 heteroatoms. The lowest BCUT2D eigenvalue weighted by molar-refractivity contribution is 0.0943. The Labute approximate surface area is 180 Å². The summed E-state index contributed by atoms with van der Waals surface area (Å²) < 4.78 is 0. The van der Waals surface area contributed by atoms with Gasteiger partial charge in [-0.15, -0.1) is 0 Å². The van der Waals surface area contributed by atoms with Crippen molar-refractivity contribution in [2.45, 2.75) is 52.1 Å². The summed E-state index contributed by atoms with van der Waals surface area (Å²) in [4.78, 5) is 9.82. The number of fused-ring (bicyclic) bond motifs is 5. The Hall–Kier alpha value is -2.81. The van der Waals surface area contributed by atoms with Gasteiger partial charge in [-0.05, 0) is 47.7 Å². The molecule has 2 aromatic carbocycles. The van der Waals surface area contributed by atoms with Crippen LogP contribution in [0.4, 0.5) is 17.2 Å². The summed E-state index contributed by atoms with van der Waals surface area (Å²) in [6.45, 7) is 9.64. The van der Waals surface area contributed by atoms with Crippen molar-refractivity contribution in [3.8, 4) is 11.1 Å². The van der Waals surface area contributed by atoms with E-state index in [2.05, 4.69) is 105 Å². The molecule has 0 saturated carbocycles. The zero-order chi connectivity index (χ0) is 21.1. The molecule has 0 bridgehead atoms. The predicted molar refractivity (Wildman–Crippen MR) is 126 cm³/mol. The zero-order valence-corrected chi connectivity index (χ0v) is 18.7. The predicted octanol–water partition coefficient (Wildman–Crippen LogP) is 6.76. The van der Waals surface area contributed by atoms with Crippen molar-refractivity contribution in [3.63, 3.8) is 0 Å². The summed E-state index contributed by atoms with van der Waals surface area (Å²) in [6, 6.07) is 22.0. The molecular weight excluding hydrogens is 366 g/mol. The normalized spacial score (nSPS) is 26.9. The van der Waals surface area contributed by atoms with Gasteiger partial charge in [0, 0.05) is 29.8 Å². The molecule has 0 aliphatic carbocycles. The molecule has 0 amide bonds. The molecular formula is C27H31N3. The van der Waals surface area contributed by atoms with Crippen molar-refractivity contribution in [2.75, 3.05) is 16.8 Å². The van der Waals surface area contributed by atoms with Crippen molar-refractivity contribution in [1.29, 1.82) is 0 Å². The van der Waals surface area contributed by atoms with E-state index in [0.29, 0.717) is 0 Å². The van der Waals surface area contributed by atoms with Crippen LogP contribution >= 0.6 is 0 Å². The van der Waals surface area contributed by atoms with Gasteiger partial charge in [0.05, 0.1) is 5.69 Å². The quantitative estimate of drug-likeness (QED) is 0.487. The van der Waals surface area contributed by atoms with Gasteiger partial charge < -0.3 is 9.80 Å². The summed E-state index contributed by atoms with van der Waals surface area (Å²) in [5, 5.41) is 0. The Balaban J connectivity index is 1.81. The van der Waals surface area contributed by atoms with Crippen LogP contribution in [0.2, 0.25) is 0 Å². The molecule has 0 radical (unpaired) electrons. The van der Waals surface area contributed by atoms with Crippen LogP contribution in [0, 0.1) is 5.41 Å². The second-order valence-electron chi connectivity index (χ2n) is 9.26. The van der Waals surface area contributed by atoms with Crippen LogP contribution in [-0.2, 0) is 5.41 Å². The van der Waals surface area contributed by atoms with Crippen LogP contribution in [0.1, 0.15) is 46.1 Å². The van der Waals surface area contributed by atoms with Gasteiger partial charge in [0.2, 0.25) is 0 Å². The highest BCUT2D eigenvalue weighted by molar-refractivity contribution is 5.86. The number of pyridine rings is 1. The molecule has 1 aromatic heterocycles. The summed E-state index contributed by atoms with van der Waals surface area (Å²) in [5.41, 5.74) is 6.64. The zero-order valence-electron chi connectivity index (χ0n) is 18.7. The van der Waals surface area contributed by atoms with E-state index in [4.69, 9.17) is 4.98 Å². The molecule has 30 heavy (non-hydrogen) atoms. The number of nitrogens with zero attached hydrogens (tertiary/aromatic N) is 3. The lowest BCUT2D eigenvalue weighted by atomic mass is 9.55. The van der Waals surface area contributed by atoms with Crippen molar-refractivity contribution < 1.29 is 0 Å². The molecule has 5 rings (SSSR count). The standard InChI is InChI=1S/C27H31N3/c1-6-26(3)21-16-15-20(19-12-9-8-10-13-19)18-23(21)30-24-22(14-11-17-28-24)29(5)25(30)27(26,4)7-2/h8-18,25H,6-7H2,1-5H3. The van der Waals surface area contributed by atoms with Crippen LogP contribution in [0.5, 0.6) is 0 Å². The van der Waals surface area contributed by atoms with Crippen LogP contribution in [0.25, 0.3) is 11.1 Å². The van der Waals surface area contributed by atoms with Gasteiger partial charge in [-0.25, -0.2) is 4.98 Å². The number of hydrogen-bond donors (Lipinski definition) is 0. The Morgan fingerprint density at radius 3 is 2.33 bits per heavy atom. The SMILES string of the molecule is CCC1(C)c2ccc(-c3ccccc3)cc2N2c3ncccc3N(C)C2C1(C)CC.